The molecule has 0 spiro atoms. The van der Waals surface area contributed by atoms with E-state index in [4.69, 9.17) is 0 Å². The normalized spacial score (nSPS) is 11.0. The molecule has 0 unspecified atom stereocenters. The summed E-state index contributed by atoms with van der Waals surface area (Å²) in [6.07, 6.45) is 2.99. The molecule has 3 rings (SSSR count). The molecule has 1 amide bonds. The number of carbonyl (C=O) groups is 1. The molecular formula is C14H18N8O. The van der Waals surface area contributed by atoms with E-state index in [0.717, 1.165) is 17.1 Å². The second-order valence-electron chi connectivity index (χ2n) is 5.37. The highest BCUT2D eigenvalue weighted by atomic mass is 16.2. The number of imidazole rings is 1. The molecule has 0 fully saturated rings. The van der Waals surface area contributed by atoms with Crippen molar-refractivity contribution in [3.63, 3.8) is 0 Å². The standard InChI is InChI=1S/C14H18N8O/c1-8-11(9(2)22(4)20-8)19-10(23)5-21(3)14-12-13(16-6-15-12)17-7-18-14/h6-7H,5H2,1-4H3,(H,19,23)(H,15,16,17,18). The van der Waals surface area contributed by atoms with Gasteiger partial charge in [0.15, 0.2) is 11.5 Å². The summed E-state index contributed by atoms with van der Waals surface area (Å²) < 4.78 is 1.74. The summed E-state index contributed by atoms with van der Waals surface area (Å²) in [4.78, 5) is 29.4. The number of aromatic amines is 1. The van der Waals surface area contributed by atoms with Crippen molar-refractivity contribution in [1.29, 1.82) is 0 Å². The van der Waals surface area contributed by atoms with Crippen LogP contribution < -0.4 is 10.2 Å². The Balaban J connectivity index is 1.76. The smallest absolute Gasteiger partial charge is 0.244 e. The quantitative estimate of drug-likeness (QED) is 0.737. The molecule has 0 saturated carbocycles. The van der Waals surface area contributed by atoms with E-state index < -0.39 is 0 Å². The van der Waals surface area contributed by atoms with Gasteiger partial charge in [-0.2, -0.15) is 5.10 Å². The van der Waals surface area contributed by atoms with E-state index >= 15 is 0 Å². The van der Waals surface area contributed by atoms with Crippen LogP contribution in [0.25, 0.3) is 11.2 Å². The van der Waals surface area contributed by atoms with E-state index in [1.807, 2.05) is 20.9 Å². The number of amides is 1. The molecule has 0 bridgehead atoms. The number of hydrogen-bond acceptors (Lipinski definition) is 6. The molecule has 3 aromatic heterocycles. The summed E-state index contributed by atoms with van der Waals surface area (Å²) in [5.41, 5.74) is 3.73. The Morgan fingerprint density at radius 3 is 2.83 bits per heavy atom. The Morgan fingerprint density at radius 1 is 1.35 bits per heavy atom. The van der Waals surface area contributed by atoms with Gasteiger partial charge in [-0.3, -0.25) is 9.48 Å². The lowest BCUT2D eigenvalue weighted by molar-refractivity contribution is -0.114. The maximum absolute atomic E-state index is 12.3. The maximum atomic E-state index is 12.3. The zero-order chi connectivity index (χ0) is 16.6. The van der Waals surface area contributed by atoms with Crippen LogP contribution in [0, 0.1) is 13.8 Å². The van der Waals surface area contributed by atoms with E-state index in [9.17, 15) is 4.79 Å². The number of nitrogens with one attached hydrogen (secondary N) is 2. The molecule has 0 aliphatic heterocycles. The van der Waals surface area contributed by atoms with E-state index in [2.05, 4.69) is 30.4 Å². The Kier molecular flexibility index (Phi) is 3.68. The molecule has 0 aliphatic rings. The van der Waals surface area contributed by atoms with Gasteiger partial charge in [0.05, 0.1) is 29.9 Å². The fraction of sp³-hybridized carbons (Fsp3) is 0.357. The SMILES string of the molecule is Cc1nn(C)c(C)c1NC(=O)CN(C)c1ncnc2nc[nH]c12. The minimum Gasteiger partial charge on any atom is -0.348 e. The number of nitrogens with zero attached hydrogens (tertiary/aromatic N) is 6. The van der Waals surface area contributed by atoms with E-state index in [0.29, 0.717) is 17.0 Å². The van der Waals surface area contributed by atoms with Crippen molar-refractivity contribution in [2.45, 2.75) is 13.8 Å². The van der Waals surface area contributed by atoms with Crippen molar-refractivity contribution >= 4 is 28.6 Å². The highest BCUT2D eigenvalue weighted by Gasteiger charge is 2.16. The second kappa shape index (κ2) is 5.67. The lowest BCUT2D eigenvalue weighted by atomic mass is 10.3. The largest absolute Gasteiger partial charge is 0.348 e. The first-order chi connectivity index (χ1) is 11.0. The first-order valence-corrected chi connectivity index (χ1v) is 7.12. The third kappa shape index (κ3) is 2.72. The fourth-order valence-electron chi connectivity index (χ4n) is 2.47. The molecule has 0 aliphatic carbocycles. The first kappa shape index (κ1) is 14.9. The number of fused-ring (bicyclic) bond motifs is 1. The summed E-state index contributed by atoms with van der Waals surface area (Å²) in [5, 5.41) is 7.20. The highest BCUT2D eigenvalue weighted by molar-refractivity contribution is 5.96. The van der Waals surface area contributed by atoms with Crippen molar-refractivity contribution < 1.29 is 4.79 Å². The Morgan fingerprint density at radius 2 is 2.13 bits per heavy atom. The number of aromatic nitrogens is 6. The summed E-state index contributed by atoms with van der Waals surface area (Å²) in [5.74, 6) is 0.486. The lowest BCUT2D eigenvalue weighted by Crippen LogP contribution is -2.31. The van der Waals surface area contributed by atoms with Crippen molar-refractivity contribution in [3.05, 3.63) is 24.0 Å². The molecule has 0 saturated heterocycles. The van der Waals surface area contributed by atoms with Gasteiger partial charge < -0.3 is 15.2 Å². The number of anilines is 2. The fourth-order valence-corrected chi connectivity index (χ4v) is 2.47. The first-order valence-electron chi connectivity index (χ1n) is 7.12. The summed E-state index contributed by atoms with van der Waals surface area (Å²) in [6, 6.07) is 0. The van der Waals surface area contributed by atoms with Crippen LogP contribution in [0.5, 0.6) is 0 Å². The molecule has 9 nitrogen and oxygen atoms in total. The van der Waals surface area contributed by atoms with Crippen LogP contribution in [-0.4, -0.2) is 49.2 Å². The predicted octanol–water partition coefficient (Wildman–Crippen LogP) is 0.778. The van der Waals surface area contributed by atoms with E-state index in [-0.39, 0.29) is 12.5 Å². The molecule has 120 valence electrons. The molecule has 0 aromatic carbocycles. The van der Waals surface area contributed by atoms with Gasteiger partial charge in [0.2, 0.25) is 5.91 Å². The van der Waals surface area contributed by atoms with Gasteiger partial charge in [-0.15, -0.1) is 0 Å². The molecular weight excluding hydrogens is 296 g/mol. The van der Waals surface area contributed by atoms with Gasteiger partial charge in [0, 0.05) is 14.1 Å². The summed E-state index contributed by atoms with van der Waals surface area (Å²) in [7, 11) is 3.64. The maximum Gasteiger partial charge on any atom is 0.244 e. The van der Waals surface area contributed by atoms with Gasteiger partial charge >= 0.3 is 0 Å². The van der Waals surface area contributed by atoms with Crippen LogP contribution in [0.1, 0.15) is 11.4 Å². The Hall–Kier alpha value is -2.97. The van der Waals surface area contributed by atoms with Crippen LogP contribution in [0.2, 0.25) is 0 Å². The number of rotatable bonds is 4. The van der Waals surface area contributed by atoms with Gasteiger partial charge in [0.1, 0.15) is 11.8 Å². The number of aryl methyl sites for hydroxylation is 2. The third-order valence-corrected chi connectivity index (χ3v) is 3.72. The zero-order valence-corrected chi connectivity index (χ0v) is 13.5. The predicted molar refractivity (Wildman–Crippen MR) is 86.3 cm³/mol. The summed E-state index contributed by atoms with van der Waals surface area (Å²) in [6.45, 7) is 3.93. The third-order valence-electron chi connectivity index (χ3n) is 3.72. The van der Waals surface area contributed by atoms with E-state index in [1.54, 1.807) is 23.0 Å². The van der Waals surface area contributed by atoms with Gasteiger partial charge in [0.25, 0.3) is 0 Å². The van der Waals surface area contributed by atoms with Crippen LogP contribution in [0.4, 0.5) is 11.5 Å². The van der Waals surface area contributed by atoms with Crippen molar-refractivity contribution in [2.24, 2.45) is 7.05 Å². The van der Waals surface area contributed by atoms with E-state index in [1.165, 1.54) is 6.33 Å². The van der Waals surface area contributed by atoms with Crippen molar-refractivity contribution in [3.8, 4) is 0 Å². The van der Waals surface area contributed by atoms with Crippen LogP contribution in [-0.2, 0) is 11.8 Å². The average Bonchev–Trinajstić information content (AvgIpc) is 3.07. The minimum absolute atomic E-state index is 0.141. The molecule has 0 atom stereocenters. The zero-order valence-electron chi connectivity index (χ0n) is 13.5. The molecule has 2 N–H and O–H groups in total. The number of carbonyl (C=O) groups excluding carboxylic acids is 1. The molecule has 3 aromatic rings. The van der Waals surface area contributed by atoms with Crippen molar-refractivity contribution in [1.82, 2.24) is 29.7 Å². The van der Waals surface area contributed by atoms with Crippen LogP contribution >= 0.6 is 0 Å². The molecule has 3 heterocycles. The van der Waals surface area contributed by atoms with Crippen LogP contribution in [0.3, 0.4) is 0 Å². The van der Waals surface area contributed by atoms with Gasteiger partial charge in [-0.1, -0.05) is 0 Å². The number of likely N-dealkylation sites (N-methyl/N-ethyl adjacent to an activating group) is 1. The van der Waals surface area contributed by atoms with Crippen LogP contribution in [0.15, 0.2) is 12.7 Å². The number of hydrogen-bond donors (Lipinski definition) is 2. The Labute approximate surface area is 132 Å². The molecule has 23 heavy (non-hydrogen) atoms. The van der Waals surface area contributed by atoms with Gasteiger partial charge in [-0.05, 0) is 13.8 Å². The lowest BCUT2D eigenvalue weighted by Gasteiger charge is -2.17. The highest BCUT2D eigenvalue weighted by Crippen LogP contribution is 2.20. The molecule has 9 heteroatoms. The summed E-state index contributed by atoms with van der Waals surface area (Å²) >= 11 is 0. The van der Waals surface area contributed by atoms with Crippen molar-refractivity contribution in [2.75, 3.05) is 23.8 Å². The molecule has 0 radical (unpaired) electrons. The Bertz CT molecular complexity index is 865. The average molecular weight is 314 g/mol. The van der Waals surface area contributed by atoms with Gasteiger partial charge in [-0.25, -0.2) is 15.0 Å². The number of H-pyrrole nitrogens is 1. The monoisotopic (exact) mass is 314 g/mol. The minimum atomic E-state index is -0.141. The topological polar surface area (TPSA) is 105 Å². The second-order valence-corrected chi connectivity index (χ2v) is 5.37.